The second-order valence-corrected chi connectivity index (χ2v) is 4.98. The number of aromatic nitrogens is 3. The van der Waals surface area contributed by atoms with Crippen molar-refractivity contribution in [2.75, 3.05) is 6.54 Å². The molecule has 5 nitrogen and oxygen atoms in total. The lowest BCUT2D eigenvalue weighted by molar-refractivity contribution is 0.464. The third-order valence-electron chi connectivity index (χ3n) is 3.53. The number of aromatic hydroxyl groups is 1. The minimum absolute atomic E-state index is 0.345. The van der Waals surface area contributed by atoms with Crippen LogP contribution < -0.4 is 5.32 Å². The molecule has 1 aromatic heterocycles. The molecule has 0 aliphatic rings. The number of benzene rings is 2. The summed E-state index contributed by atoms with van der Waals surface area (Å²) in [6.07, 6.45) is 4.51. The first-order valence-corrected chi connectivity index (χ1v) is 7.09. The molecule has 0 saturated heterocycles. The Labute approximate surface area is 123 Å². The molecule has 0 atom stereocenters. The van der Waals surface area contributed by atoms with Crippen LogP contribution in [0.1, 0.15) is 12.0 Å². The monoisotopic (exact) mass is 282 g/mol. The maximum absolute atomic E-state index is 10.1. The minimum Gasteiger partial charge on any atom is -0.508 e. The molecule has 0 aliphatic carbocycles. The van der Waals surface area contributed by atoms with E-state index in [0.29, 0.717) is 12.3 Å². The van der Waals surface area contributed by atoms with Gasteiger partial charge in [0, 0.05) is 24.8 Å². The van der Waals surface area contributed by atoms with E-state index in [1.807, 2.05) is 35.1 Å². The van der Waals surface area contributed by atoms with Gasteiger partial charge in [-0.3, -0.25) is 4.68 Å². The zero-order chi connectivity index (χ0) is 14.5. The Bertz CT molecular complexity index is 709. The van der Waals surface area contributed by atoms with Crippen LogP contribution in [0.5, 0.6) is 5.75 Å². The van der Waals surface area contributed by atoms with Crippen LogP contribution >= 0.6 is 0 Å². The number of phenols is 1. The molecule has 0 radical (unpaired) electrons. The van der Waals surface area contributed by atoms with Crippen LogP contribution in [0.25, 0.3) is 10.8 Å². The lowest BCUT2D eigenvalue weighted by Crippen LogP contribution is -2.17. The van der Waals surface area contributed by atoms with E-state index in [9.17, 15) is 5.11 Å². The van der Waals surface area contributed by atoms with Crippen LogP contribution in [0.2, 0.25) is 0 Å². The topological polar surface area (TPSA) is 63.0 Å². The third kappa shape index (κ3) is 3.20. The fourth-order valence-corrected chi connectivity index (χ4v) is 2.44. The van der Waals surface area contributed by atoms with Gasteiger partial charge in [-0.2, -0.15) is 0 Å². The van der Waals surface area contributed by atoms with E-state index in [1.54, 1.807) is 12.3 Å². The fraction of sp³-hybridized carbons (Fsp3) is 0.250. The summed E-state index contributed by atoms with van der Waals surface area (Å²) >= 11 is 0. The zero-order valence-electron chi connectivity index (χ0n) is 11.7. The number of aryl methyl sites for hydroxylation is 1. The Morgan fingerprint density at radius 3 is 2.90 bits per heavy atom. The zero-order valence-corrected chi connectivity index (χ0v) is 11.7. The summed E-state index contributed by atoms with van der Waals surface area (Å²) in [6, 6.07) is 11.8. The number of hydrogen-bond donors (Lipinski definition) is 2. The molecule has 21 heavy (non-hydrogen) atoms. The van der Waals surface area contributed by atoms with Gasteiger partial charge in [-0.25, -0.2) is 0 Å². The summed E-state index contributed by atoms with van der Waals surface area (Å²) in [5.41, 5.74) is 0.953. The average molecular weight is 282 g/mol. The first-order chi connectivity index (χ1) is 10.3. The van der Waals surface area contributed by atoms with Gasteiger partial charge in [0.25, 0.3) is 0 Å². The molecule has 3 aromatic rings. The normalized spacial score (nSPS) is 11.0. The van der Waals surface area contributed by atoms with Crippen LogP contribution in [0.3, 0.4) is 0 Å². The minimum atomic E-state index is 0.345. The summed E-state index contributed by atoms with van der Waals surface area (Å²) in [7, 11) is 0. The Hall–Kier alpha value is -2.40. The van der Waals surface area contributed by atoms with Crippen LogP contribution in [-0.4, -0.2) is 26.6 Å². The third-order valence-corrected chi connectivity index (χ3v) is 3.53. The van der Waals surface area contributed by atoms with Gasteiger partial charge in [0.2, 0.25) is 0 Å². The highest BCUT2D eigenvalue weighted by atomic mass is 16.3. The van der Waals surface area contributed by atoms with E-state index in [2.05, 4.69) is 21.7 Å². The number of nitrogens with zero attached hydrogens (tertiary/aromatic N) is 3. The molecule has 108 valence electrons. The van der Waals surface area contributed by atoms with Crippen molar-refractivity contribution < 1.29 is 5.11 Å². The quantitative estimate of drug-likeness (QED) is 0.681. The van der Waals surface area contributed by atoms with E-state index in [1.165, 1.54) is 0 Å². The van der Waals surface area contributed by atoms with Gasteiger partial charge >= 0.3 is 0 Å². The molecule has 0 saturated carbocycles. The van der Waals surface area contributed by atoms with Gasteiger partial charge in [0.15, 0.2) is 0 Å². The summed E-state index contributed by atoms with van der Waals surface area (Å²) < 4.78 is 1.82. The highest BCUT2D eigenvalue weighted by Crippen LogP contribution is 2.26. The maximum atomic E-state index is 10.1. The molecule has 0 aliphatic heterocycles. The predicted octanol–water partition coefficient (Wildman–Crippen LogP) is 2.32. The maximum Gasteiger partial charge on any atom is 0.120 e. The molecule has 0 amide bonds. The van der Waals surface area contributed by atoms with E-state index in [4.69, 9.17) is 0 Å². The molecule has 3 rings (SSSR count). The number of nitrogens with one attached hydrogen (secondary N) is 1. The Kier molecular flexibility index (Phi) is 4.12. The van der Waals surface area contributed by atoms with Crippen LogP contribution in [0.4, 0.5) is 0 Å². The lowest BCUT2D eigenvalue weighted by Gasteiger charge is -2.10. The van der Waals surface area contributed by atoms with Gasteiger partial charge in [-0.05, 0) is 29.8 Å². The molecular weight excluding hydrogens is 264 g/mol. The second kappa shape index (κ2) is 6.37. The second-order valence-electron chi connectivity index (χ2n) is 4.98. The van der Waals surface area contributed by atoms with E-state index >= 15 is 0 Å². The SMILES string of the molecule is Oc1ccc2ccccc2c1CNCCCn1ccnn1. The number of rotatable bonds is 6. The number of hydrogen-bond acceptors (Lipinski definition) is 4. The largest absolute Gasteiger partial charge is 0.508 e. The Morgan fingerprint density at radius 2 is 2.05 bits per heavy atom. The molecule has 1 heterocycles. The van der Waals surface area contributed by atoms with Crippen molar-refractivity contribution in [1.82, 2.24) is 20.3 Å². The summed E-state index contributed by atoms with van der Waals surface area (Å²) in [4.78, 5) is 0. The van der Waals surface area contributed by atoms with E-state index in [0.717, 1.165) is 35.8 Å². The van der Waals surface area contributed by atoms with Crippen molar-refractivity contribution in [3.63, 3.8) is 0 Å². The first kappa shape index (κ1) is 13.6. The van der Waals surface area contributed by atoms with Gasteiger partial charge in [-0.1, -0.05) is 35.5 Å². The van der Waals surface area contributed by atoms with Crippen LogP contribution in [0, 0.1) is 0 Å². The Balaban J connectivity index is 1.59. The van der Waals surface area contributed by atoms with Crippen molar-refractivity contribution >= 4 is 10.8 Å². The molecular formula is C16H18N4O. The van der Waals surface area contributed by atoms with Crippen molar-refractivity contribution in [2.45, 2.75) is 19.5 Å². The van der Waals surface area contributed by atoms with E-state index < -0.39 is 0 Å². The van der Waals surface area contributed by atoms with Crippen LogP contribution in [0.15, 0.2) is 48.8 Å². The lowest BCUT2D eigenvalue weighted by atomic mass is 10.0. The molecule has 0 spiro atoms. The molecule has 0 bridgehead atoms. The summed E-state index contributed by atoms with van der Waals surface area (Å²) in [6.45, 7) is 2.36. The van der Waals surface area contributed by atoms with Crippen molar-refractivity contribution in [3.8, 4) is 5.75 Å². The highest BCUT2D eigenvalue weighted by molar-refractivity contribution is 5.87. The van der Waals surface area contributed by atoms with Crippen molar-refractivity contribution in [2.24, 2.45) is 0 Å². The summed E-state index contributed by atoms with van der Waals surface area (Å²) in [5, 5.41) is 23.4. The average Bonchev–Trinajstić information content (AvgIpc) is 3.02. The standard InChI is InChI=1S/C16H18N4O/c21-16-7-6-13-4-1-2-5-14(13)15(16)12-17-8-3-10-20-11-9-18-19-20/h1-2,4-7,9,11,17,21H,3,8,10,12H2. The van der Waals surface area contributed by atoms with Gasteiger partial charge in [0.1, 0.15) is 5.75 Å². The number of phenolic OH excluding ortho intramolecular Hbond substituents is 1. The predicted molar refractivity (Wildman–Crippen MR) is 82.0 cm³/mol. The van der Waals surface area contributed by atoms with E-state index in [-0.39, 0.29) is 0 Å². The smallest absolute Gasteiger partial charge is 0.120 e. The first-order valence-electron chi connectivity index (χ1n) is 7.09. The van der Waals surface area contributed by atoms with Gasteiger partial charge in [0.05, 0.1) is 6.20 Å². The fourth-order valence-electron chi connectivity index (χ4n) is 2.44. The molecule has 0 unspecified atom stereocenters. The highest BCUT2D eigenvalue weighted by Gasteiger charge is 2.05. The molecule has 2 N–H and O–H groups in total. The van der Waals surface area contributed by atoms with Gasteiger partial charge < -0.3 is 10.4 Å². The molecule has 5 heteroatoms. The molecule has 2 aromatic carbocycles. The van der Waals surface area contributed by atoms with Crippen LogP contribution in [-0.2, 0) is 13.1 Å². The number of fused-ring (bicyclic) bond motifs is 1. The Morgan fingerprint density at radius 1 is 1.14 bits per heavy atom. The van der Waals surface area contributed by atoms with Crippen molar-refractivity contribution in [1.29, 1.82) is 0 Å². The summed E-state index contributed by atoms with van der Waals surface area (Å²) in [5.74, 6) is 0.345. The molecule has 0 fully saturated rings. The van der Waals surface area contributed by atoms with Gasteiger partial charge in [-0.15, -0.1) is 5.10 Å². The van der Waals surface area contributed by atoms with Crippen molar-refractivity contribution in [3.05, 3.63) is 54.4 Å².